The quantitative estimate of drug-likeness (QED) is 0.498. The van der Waals surface area contributed by atoms with Crippen LogP contribution < -0.4 is 0 Å². The molecule has 25 heavy (non-hydrogen) atoms. The standard InChI is InChI=1S/C20H19BrF2N2/c21-15-9-5-4-8-14(15)20-24-18-10-16(22)17(23)11-19(18)25(20)12-13-6-2-1-3-7-13/h4-5,8-11,13H,1-3,6-7,12H2. The molecule has 0 bridgehead atoms. The minimum atomic E-state index is -0.853. The highest BCUT2D eigenvalue weighted by Gasteiger charge is 2.21. The maximum absolute atomic E-state index is 13.9. The van der Waals surface area contributed by atoms with Crippen molar-refractivity contribution in [2.75, 3.05) is 0 Å². The van der Waals surface area contributed by atoms with Crippen molar-refractivity contribution >= 4 is 27.0 Å². The molecule has 130 valence electrons. The fourth-order valence-corrected chi connectivity index (χ4v) is 4.24. The lowest BCUT2D eigenvalue weighted by Gasteiger charge is -2.23. The summed E-state index contributed by atoms with van der Waals surface area (Å²) in [6.07, 6.45) is 6.13. The molecule has 2 nitrogen and oxygen atoms in total. The Balaban J connectivity index is 1.88. The molecule has 1 aliphatic carbocycles. The molecule has 2 aromatic carbocycles. The van der Waals surface area contributed by atoms with E-state index in [2.05, 4.69) is 25.5 Å². The Labute approximate surface area is 154 Å². The van der Waals surface area contributed by atoms with Gasteiger partial charge in [0.1, 0.15) is 5.82 Å². The molecular formula is C20H19BrF2N2. The van der Waals surface area contributed by atoms with Crippen molar-refractivity contribution < 1.29 is 8.78 Å². The highest BCUT2D eigenvalue weighted by atomic mass is 79.9. The van der Waals surface area contributed by atoms with Gasteiger partial charge in [0.05, 0.1) is 11.0 Å². The van der Waals surface area contributed by atoms with E-state index in [9.17, 15) is 8.78 Å². The minimum absolute atomic E-state index is 0.500. The Bertz CT molecular complexity index is 913. The number of hydrogen-bond acceptors (Lipinski definition) is 1. The summed E-state index contributed by atoms with van der Waals surface area (Å²) >= 11 is 3.58. The summed E-state index contributed by atoms with van der Waals surface area (Å²) in [5.41, 5.74) is 2.10. The molecule has 4 rings (SSSR count). The number of aromatic nitrogens is 2. The van der Waals surface area contributed by atoms with E-state index in [4.69, 9.17) is 0 Å². The smallest absolute Gasteiger partial charge is 0.161 e. The fourth-order valence-electron chi connectivity index (χ4n) is 3.78. The lowest BCUT2D eigenvalue weighted by atomic mass is 9.89. The third-order valence-electron chi connectivity index (χ3n) is 5.07. The van der Waals surface area contributed by atoms with Crippen LogP contribution in [0.15, 0.2) is 40.9 Å². The molecule has 1 fully saturated rings. The van der Waals surface area contributed by atoms with Crippen LogP contribution in [0.4, 0.5) is 8.78 Å². The van der Waals surface area contributed by atoms with Gasteiger partial charge in [0.2, 0.25) is 0 Å². The summed E-state index contributed by atoms with van der Waals surface area (Å²) in [5, 5.41) is 0. The van der Waals surface area contributed by atoms with Gasteiger partial charge in [-0.3, -0.25) is 0 Å². The fraction of sp³-hybridized carbons (Fsp3) is 0.350. The van der Waals surface area contributed by atoms with Gasteiger partial charge in [0, 0.05) is 28.7 Å². The van der Waals surface area contributed by atoms with E-state index in [1.165, 1.54) is 44.2 Å². The summed E-state index contributed by atoms with van der Waals surface area (Å²) < 4.78 is 30.6. The zero-order chi connectivity index (χ0) is 17.4. The van der Waals surface area contributed by atoms with Crippen LogP contribution in [0.2, 0.25) is 0 Å². The summed E-state index contributed by atoms with van der Waals surface area (Å²) in [5.74, 6) is -0.358. The number of benzene rings is 2. The van der Waals surface area contributed by atoms with Gasteiger partial charge in [-0.05, 0) is 24.8 Å². The molecule has 1 aromatic heterocycles. The number of hydrogen-bond donors (Lipinski definition) is 0. The van der Waals surface area contributed by atoms with Gasteiger partial charge in [0.15, 0.2) is 11.6 Å². The highest BCUT2D eigenvalue weighted by Crippen LogP contribution is 2.34. The molecule has 1 saturated carbocycles. The molecule has 1 heterocycles. The van der Waals surface area contributed by atoms with E-state index in [1.807, 2.05) is 24.3 Å². The maximum Gasteiger partial charge on any atom is 0.161 e. The SMILES string of the molecule is Fc1cc2nc(-c3ccccc3Br)n(CC3CCCCC3)c2cc1F. The van der Waals surface area contributed by atoms with Gasteiger partial charge in [0.25, 0.3) is 0 Å². The Morgan fingerprint density at radius 1 is 1.04 bits per heavy atom. The summed E-state index contributed by atoms with van der Waals surface area (Å²) in [6, 6.07) is 10.3. The topological polar surface area (TPSA) is 17.8 Å². The van der Waals surface area contributed by atoms with Crippen molar-refractivity contribution in [2.24, 2.45) is 5.92 Å². The van der Waals surface area contributed by atoms with Crippen LogP contribution in [-0.2, 0) is 6.54 Å². The van der Waals surface area contributed by atoms with Crippen molar-refractivity contribution in [3.8, 4) is 11.4 Å². The van der Waals surface area contributed by atoms with Crippen molar-refractivity contribution in [2.45, 2.75) is 38.6 Å². The largest absolute Gasteiger partial charge is 0.324 e. The van der Waals surface area contributed by atoms with Crippen LogP contribution in [0.25, 0.3) is 22.4 Å². The van der Waals surface area contributed by atoms with E-state index in [0.717, 1.165) is 22.4 Å². The molecule has 0 N–H and O–H groups in total. The van der Waals surface area contributed by atoms with Crippen LogP contribution >= 0.6 is 15.9 Å². The third-order valence-corrected chi connectivity index (χ3v) is 5.76. The monoisotopic (exact) mass is 404 g/mol. The Morgan fingerprint density at radius 2 is 1.76 bits per heavy atom. The van der Waals surface area contributed by atoms with Gasteiger partial charge in [-0.25, -0.2) is 13.8 Å². The van der Waals surface area contributed by atoms with Crippen LogP contribution in [0, 0.1) is 17.6 Å². The molecule has 0 unspecified atom stereocenters. The lowest BCUT2D eigenvalue weighted by molar-refractivity contribution is 0.323. The molecule has 5 heteroatoms. The van der Waals surface area contributed by atoms with Gasteiger partial charge in [-0.2, -0.15) is 0 Å². The Kier molecular flexibility index (Phi) is 4.59. The number of fused-ring (bicyclic) bond motifs is 1. The summed E-state index contributed by atoms with van der Waals surface area (Å²) in [7, 11) is 0. The second kappa shape index (κ2) is 6.87. The average Bonchev–Trinajstić information content (AvgIpc) is 2.94. The predicted octanol–water partition coefficient (Wildman–Crippen LogP) is 6.32. The highest BCUT2D eigenvalue weighted by molar-refractivity contribution is 9.10. The summed E-state index contributed by atoms with van der Waals surface area (Å²) in [4.78, 5) is 4.64. The minimum Gasteiger partial charge on any atom is -0.324 e. The molecule has 1 aliphatic rings. The maximum atomic E-state index is 13.9. The first-order valence-corrected chi connectivity index (χ1v) is 9.53. The van der Waals surface area contributed by atoms with Crippen LogP contribution in [0.3, 0.4) is 0 Å². The first-order valence-electron chi connectivity index (χ1n) is 8.73. The zero-order valence-electron chi connectivity index (χ0n) is 13.8. The number of imidazole rings is 1. The van der Waals surface area contributed by atoms with Crippen LogP contribution in [0.5, 0.6) is 0 Å². The normalized spacial score (nSPS) is 15.8. The van der Waals surface area contributed by atoms with Crippen molar-refractivity contribution in [1.29, 1.82) is 0 Å². The predicted molar refractivity (Wildman–Crippen MR) is 99.4 cm³/mol. The molecule has 0 aliphatic heterocycles. The van der Waals surface area contributed by atoms with Crippen molar-refractivity contribution in [3.63, 3.8) is 0 Å². The third kappa shape index (κ3) is 3.22. The van der Waals surface area contributed by atoms with Gasteiger partial charge < -0.3 is 4.57 Å². The number of nitrogens with zero attached hydrogens (tertiary/aromatic N) is 2. The molecule has 0 spiro atoms. The molecule has 0 radical (unpaired) electrons. The number of halogens is 3. The van der Waals surface area contributed by atoms with Crippen molar-refractivity contribution in [3.05, 3.63) is 52.5 Å². The second-order valence-electron chi connectivity index (χ2n) is 6.78. The van der Waals surface area contributed by atoms with Gasteiger partial charge >= 0.3 is 0 Å². The van der Waals surface area contributed by atoms with Crippen molar-refractivity contribution in [1.82, 2.24) is 9.55 Å². The molecule has 0 atom stereocenters. The zero-order valence-corrected chi connectivity index (χ0v) is 15.4. The average molecular weight is 405 g/mol. The molecule has 0 saturated heterocycles. The van der Waals surface area contributed by atoms with E-state index in [1.54, 1.807) is 0 Å². The molecule has 0 amide bonds. The van der Waals surface area contributed by atoms with Crippen LogP contribution in [0.1, 0.15) is 32.1 Å². The Morgan fingerprint density at radius 3 is 2.52 bits per heavy atom. The number of rotatable bonds is 3. The van der Waals surface area contributed by atoms with E-state index < -0.39 is 11.6 Å². The van der Waals surface area contributed by atoms with Crippen LogP contribution in [-0.4, -0.2) is 9.55 Å². The Hall–Kier alpha value is -1.75. The molecule has 3 aromatic rings. The summed E-state index contributed by atoms with van der Waals surface area (Å²) in [6.45, 7) is 0.790. The molecular weight excluding hydrogens is 386 g/mol. The van der Waals surface area contributed by atoms with Gasteiger partial charge in [-0.1, -0.05) is 53.4 Å². The first kappa shape index (κ1) is 16.7. The van der Waals surface area contributed by atoms with E-state index in [-0.39, 0.29) is 0 Å². The van der Waals surface area contributed by atoms with E-state index in [0.29, 0.717) is 17.0 Å². The van der Waals surface area contributed by atoms with E-state index >= 15 is 0 Å². The lowest BCUT2D eigenvalue weighted by Crippen LogP contribution is -2.15. The first-order chi connectivity index (χ1) is 12.1. The second-order valence-corrected chi connectivity index (χ2v) is 7.64. The van der Waals surface area contributed by atoms with Gasteiger partial charge in [-0.15, -0.1) is 0 Å².